The maximum Gasteiger partial charge on any atom is 0.297 e. The summed E-state index contributed by atoms with van der Waals surface area (Å²) in [4.78, 5) is 4.03. The molecule has 0 aliphatic heterocycles. The van der Waals surface area contributed by atoms with E-state index in [-0.39, 0.29) is 0 Å². The quantitative estimate of drug-likeness (QED) is 0.599. The van der Waals surface area contributed by atoms with Crippen LogP contribution in [0.3, 0.4) is 0 Å². The molecule has 68 valence electrons. The van der Waals surface area contributed by atoms with Gasteiger partial charge in [0.1, 0.15) is 0 Å². The minimum Gasteiger partial charge on any atom is -0.424 e. The van der Waals surface area contributed by atoms with Crippen LogP contribution in [-0.2, 0) is 7.05 Å². The zero-order valence-electron chi connectivity index (χ0n) is 8.03. The Hall–Kier alpha value is -1.51. The van der Waals surface area contributed by atoms with Crippen molar-refractivity contribution < 1.29 is 4.42 Å². The first-order chi connectivity index (χ1) is 6.22. The minimum absolute atomic E-state index is 0.653. The number of oxazole rings is 1. The summed E-state index contributed by atoms with van der Waals surface area (Å²) in [7, 11) is 3.67. The topological polar surface area (TPSA) is 30.4 Å². The minimum atomic E-state index is 0.653. The van der Waals surface area contributed by atoms with E-state index in [1.165, 1.54) is 5.56 Å². The molecular weight excluding hydrogens is 164 g/mol. The predicted octanol–water partition coefficient (Wildman–Crippen LogP) is 1.61. The number of hydrogen-bond donors (Lipinski definition) is 0. The van der Waals surface area contributed by atoms with Crippen molar-refractivity contribution in [3.8, 4) is 0 Å². The highest BCUT2D eigenvalue weighted by Crippen LogP contribution is 2.13. The van der Waals surface area contributed by atoms with Crippen molar-refractivity contribution in [2.24, 2.45) is 12.0 Å². The van der Waals surface area contributed by atoms with E-state index in [4.69, 9.17) is 4.42 Å². The number of aryl methyl sites for hydroxylation is 2. The Morgan fingerprint density at radius 2 is 2.15 bits per heavy atom. The van der Waals surface area contributed by atoms with E-state index in [0.717, 1.165) is 11.1 Å². The van der Waals surface area contributed by atoms with Gasteiger partial charge in [-0.3, -0.25) is 4.57 Å². The zero-order chi connectivity index (χ0) is 9.42. The smallest absolute Gasteiger partial charge is 0.297 e. The van der Waals surface area contributed by atoms with Crippen LogP contribution in [0, 0.1) is 6.92 Å². The molecule has 0 aliphatic rings. The third-order valence-electron chi connectivity index (χ3n) is 2.16. The molecule has 0 bridgehead atoms. The maximum absolute atomic E-state index is 5.53. The van der Waals surface area contributed by atoms with Gasteiger partial charge in [-0.05, 0) is 24.6 Å². The Morgan fingerprint density at radius 1 is 1.38 bits per heavy atom. The van der Waals surface area contributed by atoms with E-state index in [0.29, 0.717) is 5.68 Å². The Kier molecular flexibility index (Phi) is 1.72. The summed E-state index contributed by atoms with van der Waals surface area (Å²) >= 11 is 0. The third-order valence-corrected chi connectivity index (χ3v) is 2.16. The van der Waals surface area contributed by atoms with Crippen molar-refractivity contribution in [2.45, 2.75) is 6.92 Å². The van der Waals surface area contributed by atoms with Crippen LogP contribution >= 0.6 is 0 Å². The molecule has 0 atom stereocenters. The summed E-state index contributed by atoms with van der Waals surface area (Å²) in [6, 6.07) is 6.13. The molecule has 0 saturated carbocycles. The van der Waals surface area contributed by atoms with Gasteiger partial charge in [0.05, 0.1) is 5.52 Å². The molecule has 13 heavy (non-hydrogen) atoms. The van der Waals surface area contributed by atoms with E-state index >= 15 is 0 Å². The Labute approximate surface area is 76.3 Å². The lowest BCUT2D eigenvalue weighted by atomic mass is 10.2. The van der Waals surface area contributed by atoms with E-state index in [1.807, 2.05) is 30.7 Å². The molecule has 1 heterocycles. The standard InChI is InChI=1S/C10H12N2O/c1-7-4-5-8-9(6-7)13-10(11-2)12(8)3/h4-6H,1-3H3/b11-10-. The van der Waals surface area contributed by atoms with E-state index in [9.17, 15) is 0 Å². The van der Waals surface area contributed by atoms with Crippen LogP contribution in [0.15, 0.2) is 27.6 Å². The van der Waals surface area contributed by atoms with Crippen LogP contribution in [0.25, 0.3) is 11.1 Å². The lowest BCUT2D eigenvalue weighted by Crippen LogP contribution is -2.10. The van der Waals surface area contributed by atoms with Crippen LogP contribution in [-0.4, -0.2) is 11.6 Å². The van der Waals surface area contributed by atoms with Crippen LogP contribution in [0.1, 0.15) is 5.56 Å². The number of hydrogen-bond acceptors (Lipinski definition) is 2. The molecule has 3 heteroatoms. The van der Waals surface area contributed by atoms with Gasteiger partial charge >= 0.3 is 0 Å². The molecule has 0 radical (unpaired) electrons. The van der Waals surface area contributed by atoms with E-state index in [1.54, 1.807) is 7.05 Å². The molecule has 1 aromatic carbocycles. The van der Waals surface area contributed by atoms with Gasteiger partial charge in [-0.15, -0.1) is 0 Å². The fourth-order valence-electron chi connectivity index (χ4n) is 1.45. The molecule has 0 unspecified atom stereocenters. The normalized spacial score (nSPS) is 12.7. The summed E-state index contributed by atoms with van der Waals surface area (Å²) in [5, 5.41) is 0. The lowest BCUT2D eigenvalue weighted by molar-refractivity contribution is 0.505. The second-order valence-electron chi connectivity index (χ2n) is 3.14. The van der Waals surface area contributed by atoms with Gasteiger partial charge < -0.3 is 4.42 Å². The number of nitrogens with zero attached hydrogens (tertiary/aromatic N) is 2. The number of rotatable bonds is 0. The van der Waals surface area contributed by atoms with E-state index in [2.05, 4.69) is 11.1 Å². The molecule has 2 rings (SSSR count). The fraction of sp³-hybridized carbons (Fsp3) is 0.300. The SMILES string of the molecule is C/N=c1\oc2cc(C)ccc2n1C. The predicted molar refractivity (Wildman–Crippen MR) is 51.4 cm³/mol. The highest BCUT2D eigenvalue weighted by molar-refractivity contribution is 5.73. The van der Waals surface area contributed by atoms with Crippen molar-refractivity contribution in [1.29, 1.82) is 0 Å². The fourth-order valence-corrected chi connectivity index (χ4v) is 1.45. The van der Waals surface area contributed by atoms with Gasteiger partial charge in [-0.25, -0.2) is 4.99 Å². The van der Waals surface area contributed by atoms with Crippen LogP contribution in [0.2, 0.25) is 0 Å². The van der Waals surface area contributed by atoms with Crippen molar-refractivity contribution in [1.82, 2.24) is 4.57 Å². The first-order valence-corrected chi connectivity index (χ1v) is 4.21. The highest BCUT2D eigenvalue weighted by atomic mass is 16.3. The van der Waals surface area contributed by atoms with Gasteiger partial charge in [0, 0.05) is 14.1 Å². The molecule has 0 spiro atoms. The summed E-state index contributed by atoms with van der Waals surface area (Å²) in [5.74, 6) is 0. The van der Waals surface area contributed by atoms with Crippen molar-refractivity contribution in [3.05, 3.63) is 29.4 Å². The molecule has 0 aliphatic carbocycles. The number of benzene rings is 1. The Bertz CT molecular complexity index is 505. The summed E-state index contributed by atoms with van der Waals surface area (Å²) in [6.45, 7) is 2.05. The maximum atomic E-state index is 5.53. The second-order valence-corrected chi connectivity index (χ2v) is 3.14. The van der Waals surface area contributed by atoms with Gasteiger partial charge in [0.15, 0.2) is 5.58 Å². The summed E-state index contributed by atoms with van der Waals surface area (Å²) in [5.41, 5.74) is 3.82. The third kappa shape index (κ3) is 1.16. The molecule has 0 amide bonds. The molecule has 1 aromatic heterocycles. The van der Waals surface area contributed by atoms with E-state index < -0.39 is 0 Å². The zero-order valence-corrected chi connectivity index (χ0v) is 8.03. The molecule has 3 nitrogen and oxygen atoms in total. The van der Waals surface area contributed by atoms with Crippen LogP contribution in [0.4, 0.5) is 0 Å². The largest absolute Gasteiger partial charge is 0.424 e. The van der Waals surface area contributed by atoms with Crippen molar-refractivity contribution in [3.63, 3.8) is 0 Å². The van der Waals surface area contributed by atoms with Gasteiger partial charge in [-0.1, -0.05) is 6.07 Å². The molecule has 0 N–H and O–H groups in total. The monoisotopic (exact) mass is 176 g/mol. The first kappa shape index (κ1) is 8.10. The van der Waals surface area contributed by atoms with Gasteiger partial charge in [0.2, 0.25) is 0 Å². The first-order valence-electron chi connectivity index (χ1n) is 4.21. The Balaban J connectivity index is 2.93. The van der Waals surface area contributed by atoms with Gasteiger partial charge in [0.25, 0.3) is 5.68 Å². The Morgan fingerprint density at radius 3 is 2.85 bits per heavy atom. The van der Waals surface area contributed by atoms with Crippen molar-refractivity contribution in [2.75, 3.05) is 7.05 Å². The van der Waals surface area contributed by atoms with Gasteiger partial charge in [-0.2, -0.15) is 0 Å². The average Bonchev–Trinajstić information content (AvgIpc) is 2.42. The van der Waals surface area contributed by atoms with Crippen LogP contribution in [0.5, 0.6) is 0 Å². The summed E-state index contributed by atoms with van der Waals surface area (Å²) < 4.78 is 7.46. The van der Waals surface area contributed by atoms with Crippen LogP contribution < -0.4 is 5.68 Å². The highest BCUT2D eigenvalue weighted by Gasteiger charge is 2.02. The average molecular weight is 176 g/mol. The lowest BCUT2D eigenvalue weighted by Gasteiger charge is -1.92. The van der Waals surface area contributed by atoms with Crippen molar-refractivity contribution >= 4 is 11.1 Å². The molecule has 0 fully saturated rings. The number of fused-ring (bicyclic) bond motifs is 1. The molecule has 2 aromatic rings. The second kappa shape index (κ2) is 2.76. The summed E-state index contributed by atoms with van der Waals surface area (Å²) in [6.07, 6.45) is 0. The number of aromatic nitrogens is 1. The molecule has 0 saturated heterocycles. The molecular formula is C10H12N2O.